The summed E-state index contributed by atoms with van der Waals surface area (Å²) in [5.41, 5.74) is 17.4. The Morgan fingerprint density at radius 2 is 0.703 bits per heavy atom. The minimum absolute atomic E-state index is 0.565. The largest absolute Gasteiger partial charge is 0.309 e. The molecule has 0 saturated heterocycles. The van der Waals surface area contributed by atoms with Gasteiger partial charge in [0.2, 0.25) is 0 Å². The molecule has 11 aromatic rings. The molecule has 0 atom stereocenters. The second-order valence-electron chi connectivity index (χ2n) is 16.8. The maximum atomic E-state index is 2.56. The number of rotatable bonds is 8. The number of anilines is 3. The summed E-state index contributed by atoms with van der Waals surface area (Å²) in [6, 6.07) is 96.1. The zero-order valence-electron chi connectivity index (χ0n) is 35.3. The first-order valence-electron chi connectivity index (χ1n) is 22.2. The normalized spacial score (nSPS) is 12.5. The third-order valence-electron chi connectivity index (χ3n) is 13.3. The van der Waals surface area contributed by atoms with Crippen molar-refractivity contribution in [2.75, 3.05) is 4.90 Å². The molecule has 0 amide bonds. The predicted octanol–water partition coefficient (Wildman–Crippen LogP) is 16.8. The third kappa shape index (κ3) is 6.01. The molecule has 12 rings (SSSR count). The smallest absolute Gasteiger partial charge is 0.0714 e. The Labute approximate surface area is 374 Å². The molecule has 64 heavy (non-hydrogen) atoms. The molecule has 1 aliphatic rings. The van der Waals surface area contributed by atoms with Crippen LogP contribution >= 0.6 is 0 Å². The van der Waals surface area contributed by atoms with Gasteiger partial charge >= 0.3 is 0 Å². The molecule has 0 N–H and O–H groups in total. The molecular formula is C63H43N. The number of benzene rings is 11. The van der Waals surface area contributed by atoms with Crippen LogP contribution in [0.2, 0.25) is 0 Å². The molecule has 0 heterocycles. The molecule has 0 aliphatic heterocycles. The summed E-state index contributed by atoms with van der Waals surface area (Å²) >= 11 is 0. The van der Waals surface area contributed by atoms with Gasteiger partial charge in [-0.2, -0.15) is 0 Å². The van der Waals surface area contributed by atoms with E-state index in [1.165, 1.54) is 77.2 Å². The van der Waals surface area contributed by atoms with E-state index in [1.807, 2.05) is 0 Å². The first-order valence-corrected chi connectivity index (χ1v) is 22.2. The fraction of sp³-hybridized carbons (Fsp3) is 0.0159. The molecule has 0 spiro atoms. The Morgan fingerprint density at radius 3 is 1.28 bits per heavy atom. The van der Waals surface area contributed by atoms with Crippen molar-refractivity contribution in [3.8, 4) is 44.5 Å². The summed E-state index contributed by atoms with van der Waals surface area (Å²) in [4.78, 5) is 2.56. The summed E-state index contributed by atoms with van der Waals surface area (Å²) in [6.07, 6.45) is 0. The van der Waals surface area contributed by atoms with Gasteiger partial charge < -0.3 is 4.90 Å². The molecule has 0 radical (unpaired) electrons. The number of hydrogen-bond acceptors (Lipinski definition) is 1. The number of fused-ring (bicyclic) bond motifs is 6. The lowest BCUT2D eigenvalue weighted by Crippen LogP contribution is -2.28. The van der Waals surface area contributed by atoms with Crippen LogP contribution in [0, 0.1) is 0 Å². The Balaban J connectivity index is 1.23. The van der Waals surface area contributed by atoms with Gasteiger partial charge in [0.1, 0.15) is 0 Å². The second-order valence-corrected chi connectivity index (χ2v) is 16.8. The molecule has 0 bridgehead atoms. The summed E-state index contributed by atoms with van der Waals surface area (Å²) in [7, 11) is 0. The Hall–Kier alpha value is -8.26. The van der Waals surface area contributed by atoms with Crippen molar-refractivity contribution >= 4 is 38.6 Å². The number of nitrogens with zero attached hydrogens (tertiary/aromatic N) is 1. The highest BCUT2D eigenvalue weighted by molar-refractivity contribution is 6.22. The highest BCUT2D eigenvalue weighted by Gasteiger charge is 2.46. The standard InChI is InChI=1S/C63H43N/c1-5-22-44(23-6-1)47-40-48(45-24-7-2-8-25-45)42-52(41-47)64(62-58-37-16-14-33-54(58)53-32-13-15-36-57(53)61(62)46-26-9-3-10-27-46)51-31-21-30-50(43-51)63(49-28-11-4-12-29-49)59-38-19-17-34-55(59)56-35-18-20-39-60(56)63/h1-43H. The van der Waals surface area contributed by atoms with E-state index in [0.29, 0.717) is 0 Å². The van der Waals surface area contributed by atoms with Gasteiger partial charge in [0.25, 0.3) is 0 Å². The quantitative estimate of drug-likeness (QED) is 0.138. The van der Waals surface area contributed by atoms with Crippen molar-refractivity contribution in [2.45, 2.75) is 5.41 Å². The third-order valence-corrected chi connectivity index (χ3v) is 13.3. The minimum Gasteiger partial charge on any atom is -0.309 e. The van der Waals surface area contributed by atoms with E-state index < -0.39 is 5.41 Å². The molecule has 0 fully saturated rings. The molecule has 1 nitrogen and oxygen atoms in total. The molecule has 1 aliphatic carbocycles. The molecule has 1 heteroatoms. The predicted molar refractivity (Wildman–Crippen MR) is 270 cm³/mol. The van der Waals surface area contributed by atoms with Crippen molar-refractivity contribution in [3.63, 3.8) is 0 Å². The fourth-order valence-corrected chi connectivity index (χ4v) is 10.6. The van der Waals surface area contributed by atoms with Crippen LogP contribution in [-0.2, 0) is 5.41 Å². The Bertz CT molecular complexity index is 3380. The summed E-state index contributed by atoms with van der Waals surface area (Å²) in [5, 5.41) is 4.85. The molecule has 11 aromatic carbocycles. The van der Waals surface area contributed by atoms with Gasteiger partial charge in [-0.15, -0.1) is 0 Å². The Kier molecular flexibility index (Phi) is 9.13. The van der Waals surface area contributed by atoms with Crippen LogP contribution in [0.4, 0.5) is 17.1 Å². The first kappa shape index (κ1) is 37.5. The molecule has 0 aromatic heterocycles. The van der Waals surface area contributed by atoms with Gasteiger partial charge in [-0.3, -0.25) is 0 Å². The van der Waals surface area contributed by atoms with Crippen LogP contribution in [0.1, 0.15) is 22.3 Å². The van der Waals surface area contributed by atoms with Crippen molar-refractivity contribution in [3.05, 3.63) is 283 Å². The SMILES string of the molecule is c1ccc(-c2cc(-c3ccccc3)cc(N(c3cccc(C4(c5ccccc5)c5ccccc5-c5ccccc54)c3)c3c(-c4ccccc4)c4ccccc4c4ccccc34)c2)cc1. The van der Waals surface area contributed by atoms with Gasteiger partial charge in [0.15, 0.2) is 0 Å². The van der Waals surface area contributed by atoms with Crippen LogP contribution in [0.25, 0.3) is 66.1 Å². The molecule has 300 valence electrons. The van der Waals surface area contributed by atoms with Crippen molar-refractivity contribution in [1.29, 1.82) is 0 Å². The summed E-state index contributed by atoms with van der Waals surface area (Å²) in [5.74, 6) is 0. The monoisotopic (exact) mass is 813 g/mol. The van der Waals surface area contributed by atoms with Crippen molar-refractivity contribution in [1.82, 2.24) is 0 Å². The van der Waals surface area contributed by atoms with Crippen LogP contribution in [0.5, 0.6) is 0 Å². The maximum absolute atomic E-state index is 2.56. The van der Waals surface area contributed by atoms with E-state index in [4.69, 9.17) is 0 Å². The van der Waals surface area contributed by atoms with Crippen molar-refractivity contribution in [2.24, 2.45) is 0 Å². The molecule has 0 saturated carbocycles. The topological polar surface area (TPSA) is 3.24 Å². The lowest BCUT2D eigenvalue weighted by atomic mass is 9.67. The van der Waals surface area contributed by atoms with Gasteiger partial charge in [-0.25, -0.2) is 0 Å². The highest BCUT2D eigenvalue weighted by atomic mass is 15.1. The summed E-state index contributed by atoms with van der Waals surface area (Å²) < 4.78 is 0. The van der Waals surface area contributed by atoms with Crippen LogP contribution in [0.3, 0.4) is 0 Å². The van der Waals surface area contributed by atoms with E-state index in [-0.39, 0.29) is 0 Å². The summed E-state index contributed by atoms with van der Waals surface area (Å²) in [6.45, 7) is 0. The number of hydrogen-bond donors (Lipinski definition) is 0. The Morgan fingerprint density at radius 1 is 0.266 bits per heavy atom. The molecular weight excluding hydrogens is 771 g/mol. The van der Waals surface area contributed by atoms with Crippen LogP contribution in [0.15, 0.2) is 261 Å². The van der Waals surface area contributed by atoms with E-state index in [9.17, 15) is 0 Å². The molecule has 0 unspecified atom stereocenters. The first-order chi connectivity index (χ1) is 31.8. The average Bonchev–Trinajstić information content (AvgIpc) is 3.68. The zero-order chi connectivity index (χ0) is 42.5. The van der Waals surface area contributed by atoms with E-state index in [0.717, 1.165) is 28.2 Å². The van der Waals surface area contributed by atoms with Gasteiger partial charge in [-0.05, 0) is 108 Å². The van der Waals surface area contributed by atoms with E-state index in [1.54, 1.807) is 0 Å². The lowest BCUT2D eigenvalue weighted by molar-refractivity contribution is 0.768. The lowest BCUT2D eigenvalue weighted by Gasteiger charge is -2.36. The highest BCUT2D eigenvalue weighted by Crippen LogP contribution is 2.57. The second kappa shape index (κ2) is 15.6. The van der Waals surface area contributed by atoms with Gasteiger partial charge in [-0.1, -0.05) is 231 Å². The van der Waals surface area contributed by atoms with Crippen LogP contribution < -0.4 is 4.90 Å². The average molecular weight is 814 g/mol. The van der Waals surface area contributed by atoms with Crippen molar-refractivity contribution < 1.29 is 0 Å². The minimum atomic E-state index is -0.565. The van der Waals surface area contributed by atoms with E-state index in [2.05, 4.69) is 266 Å². The van der Waals surface area contributed by atoms with Gasteiger partial charge in [0.05, 0.1) is 11.1 Å². The fourth-order valence-electron chi connectivity index (χ4n) is 10.6. The van der Waals surface area contributed by atoms with Crippen LogP contribution in [-0.4, -0.2) is 0 Å². The zero-order valence-corrected chi connectivity index (χ0v) is 35.3. The maximum Gasteiger partial charge on any atom is 0.0714 e. The van der Waals surface area contributed by atoms with E-state index >= 15 is 0 Å². The van der Waals surface area contributed by atoms with Gasteiger partial charge in [0, 0.05) is 22.3 Å².